The molecule has 1 aliphatic carbocycles. The van der Waals surface area contributed by atoms with Gasteiger partial charge in [-0.2, -0.15) is 0 Å². The normalized spacial score (nSPS) is 34.6. The Hall–Kier alpha value is -0.570. The first-order chi connectivity index (χ1) is 9.58. The maximum atomic E-state index is 12.8. The molecule has 2 atom stereocenters. The zero-order chi connectivity index (χ0) is 14.2. The molecule has 0 bridgehead atoms. The quantitative estimate of drug-likeness (QED) is 0.842. The van der Waals surface area contributed by atoms with Gasteiger partial charge in [0.15, 0.2) is 0 Å². The summed E-state index contributed by atoms with van der Waals surface area (Å²) in [6.45, 7) is 7.73. The summed E-state index contributed by atoms with van der Waals surface area (Å²) in [6, 6.07) is 0.732. The lowest BCUT2D eigenvalue weighted by atomic mass is 9.80. The molecule has 2 heterocycles. The van der Waals surface area contributed by atoms with E-state index < -0.39 is 0 Å². The number of likely N-dealkylation sites (tertiary alicyclic amines) is 1. The minimum absolute atomic E-state index is 0.223. The van der Waals surface area contributed by atoms with Gasteiger partial charge in [0.05, 0.1) is 0 Å². The fourth-order valence-electron chi connectivity index (χ4n) is 4.64. The Morgan fingerprint density at radius 3 is 2.40 bits per heavy atom. The van der Waals surface area contributed by atoms with E-state index in [9.17, 15) is 4.79 Å². The fraction of sp³-hybridized carbons (Fsp3) is 0.941. The minimum Gasteiger partial charge on any atom is -0.342 e. The van der Waals surface area contributed by atoms with E-state index in [1.807, 2.05) is 0 Å². The Morgan fingerprint density at radius 2 is 1.85 bits per heavy atom. The maximum Gasteiger partial charge on any atom is 0.226 e. The molecule has 3 fully saturated rings. The predicted molar refractivity (Wildman–Crippen MR) is 81.5 cm³/mol. The zero-order valence-electron chi connectivity index (χ0n) is 13.2. The average molecular weight is 278 g/mol. The number of hydrogen-bond donors (Lipinski definition) is 1. The van der Waals surface area contributed by atoms with Crippen molar-refractivity contribution < 1.29 is 4.79 Å². The number of amides is 1. The van der Waals surface area contributed by atoms with Gasteiger partial charge >= 0.3 is 0 Å². The number of carbonyl (C=O) groups is 1. The van der Waals surface area contributed by atoms with Gasteiger partial charge in [-0.05, 0) is 56.4 Å². The second-order valence-electron chi connectivity index (χ2n) is 7.80. The third kappa shape index (κ3) is 2.74. The van der Waals surface area contributed by atoms with Crippen molar-refractivity contribution in [3.8, 4) is 0 Å². The van der Waals surface area contributed by atoms with Crippen LogP contribution in [0, 0.1) is 17.3 Å². The molecule has 0 radical (unpaired) electrons. The molecule has 0 spiro atoms. The predicted octanol–water partition coefficient (Wildman–Crippen LogP) is 2.80. The molecule has 3 rings (SSSR count). The van der Waals surface area contributed by atoms with Crippen LogP contribution in [0.25, 0.3) is 0 Å². The van der Waals surface area contributed by atoms with Crippen molar-refractivity contribution in [3.63, 3.8) is 0 Å². The number of carbonyl (C=O) groups excluding carboxylic acids is 1. The first kappa shape index (κ1) is 14.4. The second-order valence-corrected chi connectivity index (χ2v) is 7.80. The molecule has 3 heteroatoms. The third-order valence-corrected chi connectivity index (χ3v) is 6.07. The Morgan fingerprint density at radius 1 is 1.10 bits per heavy atom. The molecule has 1 amide bonds. The Bertz CT molecular complexity index is 352. The molecule has 1 N–H and O–H groups in total. The van der Waals surface area contributed by atoms with Gasteiger partial charge in [0.25, 0.3) is 0 Å². The van der Waals surface area contributed by atoms with Gasteiger partial charge in [0.1, 0.15) is 0 Å². The molecule has 2 aliphatic heterocycles. The molecule has 20 heavy (non-hydrogen) atoms. The van der Waals surface area contributed by atoms with Gasteiger partial charge in [-0.3, -0.25) is 4.79 Å². The molecule has 2 unspecified atom stereocenters. The first-order valence-corrected chi connectivity index (χ1v) is 8.60. The van der Waals surface area contributed by atoms with Crippen molar-refractivity contribution in [2.75, 3.05) is 19.6 Å². The smallest absolute Gasteiger partial charge is 0.226 e. The largest absolute Gasteiger partial charge is 0.342 e. The Labute approximate surface area is 123 Å². The van der Waals surface area contributed by atoms with E-state index in [4.69, 9.17) is 0 Å². The lowest BCUT2D eigenvalue weighted by Crippen LogP contribution is -2.46. The second kappa shape index (κ2) is 5.67. The van der Waals surface area contributed by atoms with Crippen molar-refractivity contribution in [1.82, 2.24) is 10.2 Å². The summed E-state index contributed by atoms with van der Waals surface area (Å²) in [7, 11) is 0. The molecule has 1 saturated carbocycles. The van der Waals surface area contributed by atoms with Crippen LogP contribution in [0.4, 0.5) is 0 Å². The highest BCUT2D eigenvalue weighted by Crippen LogP contribution is 2.43. The Balaban J connectivity index is 1.54. The van der Waals surface area contributed by atoms with Crippen LogP contribution < -0.4 is 5.32 Å². The van der Waals surface area contributed by atoms with Crippen LogP contribution in [0.1, 0.15) is 58.8 Å². The van der Waals surface area contributed by atoms with E-state index in [0.29, 0.717) is 5.91 Å². The highest BCUT2D eigenvalue weighted by molar-refractivity contribution is 5.80. The number of piperidine rings is 1. The zero-order valence-corrected chi connectivity index (χ0v) is 13.2. The molecule has 3 aliphatic rings. The molecular formula is C17H30N2O. The van der Waals surface area contributed by atoms with Crippen LogP contribution in [0.2, 0.25) is 0 Å². The van der Waals surface area contributed by atoms with E-state index in [-0.39, 0.29) is 11.3 Å². The van der Waals surface area contributed by atoms with E-state index in [2.05, 4.69) is 24.1 Å². The van der Waals surface area contributed by atoms with Gasteiger partial charge in [-0.25, -0.2) is 0 Å². The summed E-state index contributed by atoms with van der Waals surface area (Å²) in [5, 5.41) is 3.64. The SMILES string of the molecule is CC1(C)CCCC1C(=O)N1CCC(C2CCCN2)CC1. The highest BCUT2D eigenvalue weighted by Gasteiger charge is 2.42. The molecule has 114 valence electrons. The van der Waals surface area contributed by atoms with Gasteiger partial charge in [-0.1, -0.05) is 20.3 Å². The van der Waals surface area contributed by atoms with E-state index in [0.717, 1.165) is 31.5 Å². The lowest BCUT2D eigenvalue weighted by Gasteiger charge is -2.38. The van der Waals surface area contributed by atoms with Crippen molar-refractivity contribution in [2.45, 2.75) is 64.8 Å². The Kier molecular flexibility index (Phi) is 4.07. The van der Waals surface area contributed by atoms with Crippen molar-refractivity contribution >= 4 is 5.91 Å². The van der Waals surface area contributed by atoms with Crippen LogP contribution in [-0.2, 0) is 4.79 Å². The van der Waals surface area contributed by atoms with Crippen LogP contribution >= 0.6 is 0 Å². The minimum atomic E-state index is 0.223. The summed E-state index contributed by atoms with van der Waals surface area (Å²) in [6.07, 6.45) is 8.63. The molecule has 0 aromatic carbocycles. The van der Waals surface area contributed by atoms with Crippen LogP contribution in [0.3, 0.4) is 0 Å². The maximum absolute atomic E-state index is 12.8. The molecule has 0 aromatic heterocycles. The van der Waals surface area contributed by atoms with E-state index in [1.165, 1.54) is 45.1 Å². The fourth-order valence-corrected chi connectivity index (χ4v) is 4.64. The highest BCUT2D eigenvalue weighted by atomic mass is 16.2. The molecular weight excluding hydrogens is 248 g/mol. The monoisotopic (exact) mass is 278 g/mol. The lowest BCUT2D eigenvalue weighted by molar-refractivity contribution is -0.139. The van der Waals surface area contributed by atoms with Gasteiger partial charge in [-0.15, -0.1) is 0 Å². The van der Waals surface area contributed by atoms with Gasteiger partial charge in [0.2, 0.25) is 5.91 Å². The van der Waals surface area contributed by atoms with Crippen molar-refractivity contribution in [2.24, 2.45) is 17.3 Å². The van der Waals surface area contributed by atoms with Gasteiger partial charge in [0, 0.05) is 25.0 Å². The summed E-state index contributed by atoms with van der Waals surface area (Å²) in [4.78, 5) is 14.9. The molecule has 2 saturated heterocycles. The number of nitrogens with one attached hydrogen (secondary N) is 1. The van der Waals surface area contributed by atoms with E-state index in [1.54, 1.807) is 0 Å². The first-order valence-electron chi connectivity index (χ1n) is 8.60. The summed E-state index contributed by atoms with van der Waals surface area (Å²) >= 11 is 0. The van der Waals surface area contributed by atoms with Crippen molar-refractivity contribution in [3.05, 3.63) is 0 Å². The van der Waals surface area contributed by atoms with Crippen LogP contribution in [-0.4, -0.2) is 36.5 Å². The van der Waals surface area contributed by atoms with E-state index >= 15 is 0 Å². The average Bonchev–Trinajstić information content (AvgIpc) is 3.07. The standard InChI is InChI=1S/C17H30N2O/c1-17(2)9-3-5-14(17)16(20)19-11-7-13(8-12-19)15-6-4-10-18-15/h13-15,18H,3-12H2,1-2H3. The van der Waals surface area contributed by atoms with Crippen LogP contribution in [0.5, 0.6) is 0 Å². The van der Waals surface area contributed by atoms with Crippen LogP contribution in [0.15, 0.2) is 0 Å². The number of nitrogens with zero attached hydrogens (tertiary/aromatic N) is 1. The van der Waals surface area contributed by atoms with Gasteiger partial charge < -0.3 is 10.2 Å². The summed E-state index contributed by atoms with van der Waals surface area (Å²) in [5.74, 6) is 1.53. The van der Waals surface area contributed by atoms with Crippen molar-refractivity contribution in [1.29, 1.82) is 0 Å². The molecule has 0 aromatic rings. The summed E-state index contributed by atoms with van der Waals surface area (Å²) < 4.78 is 0. The summed E-state index contributed by atoms with van der Waals surface area (Å²) in [5.41, 5.74) is 0.223. The number of hydrogen-bond acceptors (Lipinski definition) is 2. The molecule has 3 nitrogen and oxygen atoms in total. The topological polar surface area (TPSA) is 32.3 Å². The third-order valence-electron chi connectivity index (χ3n) is 6.07. The number of rotatable bonds is 2.